The van der Waals surface area contributed by atoms with Gasteiger partial charge in [0.15, 0.2) is 0 Å². The standard InChI is InChI=1S/C16H28N2O2S/c1-10(2)12-14(19)17-13(16(3,4)5)15(20)18(12)11-6-8-21-9-7-11/h10-13H,6-9H2,1-5H3,(H,17,19). The van der Waals surface area contributed by atoms with Crippen LogP contribution in [-0.4, -0.2) is 46.3 Å². The number of thioether (sulfide) groups is 1. The van der Waals surface area contributed by atoms with Gasteiger partial charge < -0.3 is 10.2 Å². The minimum atomic E-state index is -0.408. The number of nitrogens with zero attached hydrogens (tertiary/aromatic N) is 1. The molecule has 21 heavy (non-hydrogen) atoms. The Morgan fingerprint density at radius 3 is 2.24 bits per heavy atom. The van der Waals surface area contributed by atoms with Crippen molar-refractivity contribution in [2.45, 2.75) is 65.6 Å². The fourth-order valence-corrected chi connectivity index (χ4v) is 4.36. The van der Waals surface area contributed by atoms with Gasteiger partial charge in [0.05, 0.1) is 0 Å². The topological polar surface area (TPSA) is 49.4 Å². The molecule has 0 aromatic rings. The van der Waals surface area contributed by atoms with Gasteiger partial charge in [0.25, 0.3) is 0 Å². The summed E-state index contributed by atoms with van der Waals surface area (Å²) in [6.45, 7) is 10.1. The highest BCUT2D eigenvalue weighted by molar-refractivity contribution is 7.99. The van der Waals surface area contributed by atoms with Gasteiger partial charge in [-0.2, -0.15) is 11.8 Å². The van der Waals surface area contributed by atoms with Crippen molar-refractivity contribution < 1.29 is 9.59 Å². The second-order valence-electron chi connectivity index (χ2n) is 7.59. The van der Waals surface area contributed by atoms with Crippen molar-refractivity contribution in [1.82, 2.24) is 10.2 Å². The highest BCUT2D eigenvalue weighted by Crippen LogP contribution is 2.32. The lowest BCUT2D eigenvalue weighted by molar-refractivity contribution is -0.157. The summed E-state index contributed by atoms with van der Waals surface area (Å²) in [4.78, 5) is 27.5. The van der Waals surface area contributed by atoms with E-state index >= 15 is 0 Å². The Hall–Kier alpha value is -0.710. The summed E-state index contributed by atoms with van der Waals surface area (Å²) in [5.41, 5.74) is -0.254. The van der Waals surface area contributed by atoms with Crippen LogP contribution in [0.4, 0.5) is 0 Å². The van der Waals surface area contributed by atoms with Crippen molar-refractivity contribution in [2.75, 3.05) is 11.5 Å². The number of hydrogen-bond donors (Lipinski definition) is 1. The first-order valence-electron chi connectivity index (χ1n) is 7.93. The third-order valence-corrected chi connectivity index (χ3v) is 5.49. The van der Waals surface area contributed by atoms with Crippen molar-refractivity contribution in [1.29, 1.82) is 0 Å². The van der Waals surface area contributed by atoms with E-state index in [2.05, 4.69) is 5.32 Å². The number of amides is 2. The van der Waals surface area contributed by atoms with Crippen molar-refractivity contribution >= 4 is 23.6 Å². The van der Waals surface area contributed by atoms with Crippen molar-refractivity contribution in [3.05, 3.63) is 0 Å². The largest absolute Gasteiger partial charge is 0.342 e. The fraction of sp³-hybridized carbons (Fsp3) is 0.875. The monoisotopic (exact) mass is 312 g/mol. The predicted molar refractivity (Wildman–Crippen MR) is 87.2 cm³/mol. The van der Waals surface area contributed by atoms with Crippen LogP contribution in [0.5, 0.6) is 0 Å². The molecule has 2 atom stereocenters. The molecule has 0 aliphatic carbocycles. The zero-order valence-corrected chi connectivity index (χ0v) is 14.6. The van der Waals surface area contributed by atoms with Crippen LogP contribution in [0.3, 0.4) is 0 Å². The van der Waals surface area contributed by atoms with Crippen LogP contribution in [-0.2, 0) is 9.59 Å². The van der Waals surface area contributed by atoms with Crippen LogP contribution < -0.4 is 5.32 Å². The molecule has 0 spiro atoms. The molecule has 1 N–H and O–H groups in total. The number of carbonyl (C=O) groups excluding carboxylic acids is 2. The minimum absolute atomic E-state index is 0.0164. The van der Waals surface area contributed by atoms with Crippen LogP contribution in [0, 0.1) is 11.3 Å². The number of piperazine rings is 1. The summed E-state index contributed by atoms with van der Waals surface area (Å²) in [5.74, 6) is 2.44. The molecule has 0 aromatic heterocycles. The lowest BCUT2D eigenvalue weighted by atomic mass is 9.82. The van der Waals surface area contributed by atoms with Crippen molar-refractivity contribution in [3.8, 4) is 0 Å². The van der Waals surface area contributed by atoms with Crippen molar-refractivity contribution in [3.63, 3.8) is 0 Å². The van der Waals surface area contributed by atoms with Gasteiger partial charge in [-0.1, -0.05) is 34.6 Å². The molecular formula is C16H28N2O2S. The summed E-state index contributed by atoms with van der Waals surface area (Å²) >= 11 is 1.94. The Morgan fingerprint density at radius 2 is 1.76 bits per heavy atom. The summed E-state index contributed by atoms with van der Waals surface area (Å²) in [6, 6.07) is -0.499. The van der Waals surface area contributed by atoms with Gasteiger partial charge >= 0.3 is 0 Å². The molecule has 0 bridgehead atoms. The maximum atomic E-state index is 13.0. The van der Waals surface area contributed by atoms with E-state index in [0.717, 1.165) is 24.3 Å². The SMILES string of the molecule is CC(C)C1C(=O)NC(C(C)(C)C)C(=O)N1C1CCSCC1. The molecule has 2 saturated heterocycles. The summed E-state index contributed by atoms with van der Waals surface area (Å²) in [5, 5.41) is 2.97. The van der Waals surface area contributed by atoms with E-state index in [1.54, 1.807) is 0 Å². The molecule has 2 amide bonds. The maximum absolute atomic E-state index is 13.0. The van der Waals surface area contributed by atoms with Crippen LogP contribution in [0.1, 0.15) is 47.5 Å². The number of hydrogen-bond acceptors (Lipinski definition) is 3. The molecule has 2 fully saturated rings. The highest BCUT2D eigenvalue weighted by atomic mass is 32.2. The summed E-state index contributed by atoms with van der Waals surface area (Å²) < 4.78 is 0. The van der Waals surface area contributed by atoms with E-state index in [0.29, 0.717) is 0 Å². The van der Waals surface area contributed by atoms with Crippen LogP contribution >= 0.6 is 11.8 Å². The molecule has 120 valence electrons. The van der Waals surface area contributed by atoms with E-state index in [1.807, 2.05) is 51.3 Å². The van der Waals surface area contributed by atoms with E-state index in [9.17, 15) is 9.59 Å². The third-order valence-electron chi connectivity index (χ3n) is 4.44. The van der Waals surface area contributed by atoms with Crippen LogP contribution in [0.2, 0.25) is 0 Å². The quantitative estimate of drug-likeness (QED) is 0.851. The predicted octanol–water partition coefficient (Wildman–Crippen LogP) is 2.28. The Kier molecular flexibility index (Phi) is 4.91. The summed E-state index contributed by atoms with van der Waals surface area (Å²) in [6.07, 6.45) is 2.01. The fourth-order valence-electron chi connectivity index (χ4n) is 3.28. The molecule has 5 heteroatoms. The van der Waals surface area contributed by atoms with Gasteiger partial charge in [-0.25, -0.2) is 0 Å². The van der Waals surface area contributed by atoms with Crippen molar-refractivity contribution in [2.24, 2.45) is 11.3 Å². The zero-order chi connectivity index (χ0) is 15.8. The number of carbonyl (C=O) groups is 2. The molecule has 0 saturated carbocycles. The van der Waals surface area contributed by atoms with E-state index in [4.69, 9.17) is 0 Å². The molecule has 0 aromatic carbocycles. The third kappa shape index (κ3) is 3.38. The first kappa shape index (κ1) is 16.7. The summed E-state index contributed by atoms with van der Waals surface area (Å²) in [7, 11) is 0. The van der Waals surface area contributed by atoms with Gasteiger partial charge in [0, 0.05) is 6.04 Å². The first-order chi connectivity index (χ1) is 9.73. The van der Waals surface area contributed by atoms with E-state index in [-0.39, 0.29) is 35.2 Å². The average molecular weight is 312 g/mol. The molecule has 2 rings (SSSR count). The van der Waals surface area contributed by atoms with Gasteiger partial charge in [-0.05, 0) is 35.7 Å². The number of nitrogens with one attached hydrogen (secondary N) is 1. The Bertz CT molecular complexity index is 411. The number of rotatable bonds is 2. The lowest BCUT2D eigenvalue weighted by Crippen LogP contribution is -2.69. The highest BCUT2D eigenvalue weighted by Gasteiger charge is 2.48. The minimum Gasteiger partial charge on any atom is -0.342 e. The molecule has 2 unspecified atom stereocenters. The van der Waals surface area contributed by atoms with Crippen LogP contribution in [0.25, 0.3) is 0 Å². The molecule has 0 radical (unpaired) electrons. The van der Waals surface area contributed by atoms with Gasteiger partial charge in [-0.15, -0.1) is 0 Å². The first-order valence-corrected chi connectivity index (χ1v) is 9.09. The molecular weight excluding hydrogens is 284 g/mol. The van der Waals surface area contributed by atoms with Crippen LogP contribution in [0.15, 0.2) is 0 Å². The van der Waals surface area contributed by atoms with Gasteiger partial charge in [0.2, 0.25) is 11.8 Å². The lowest BCUT2D eigenvalue weighted by Gasteiger charge is -2.48. The normalized spacial score (nSPS) is 29.0. The molecule has 2 heterocycles. The van der Waals surface area contributed by atoms with E-state index < -0.39 is 6.04 Å². The Balaban J connectivity index is 2.32. The second-order valence-corrected chi connectivity index (χ2v) is 8.81. The van der Waals surface area contributed by atoms with Gasteiger partial charge in [0.1, 0.15) is 12.1 Å². The van der Waals surface area contributed by atoms with Gasteiger partial charge in [-0.3, -0.25) is 9.59 Å². The second kappa shape index (κ2) is 6.19. The molecule has 2 aliphatic rings. The smallest absolute Gasteiger partial charge is 0.246 e. The Labute approximate surface area is 132 Å². The zero-order valence-electron chi connectivity index (χ0n) is 13.8. The Morgan fingerprint density at radius 1 is 1.19 bits per heavy atom. The van der Waals surface area contributed by atoms with E-state index in [1.165, 1.54) is 0 Å². The molecule has 2 aliphatic heterocycles. The maximum Gasteiger partial charge on any atom is 0.246 e. The average Bonchev–Trinajstić information content (AvgIpc) is 2.39. The molecule has 4 nitrogen and oxygen atoms in total.